The van der Waals surface area contributed by atoms with E-state index in [-0.39, 0.29) is 5.91 Å². The maximum absolute atomic E-state index is 11.4. The van der Waals surface area contributed by atoms with Gasteiger partial charge in [-0.15, -0.1) is 0 Å². The number of carbonyl (C=O) groups is 1. The van der Waals surface area contributed by atoms with Gasteiger partial charge in [0.05, 0.1) is 5.54 Å². The van der Waals surface area contributed by atoms with Crippen molar-refractivity contribution in [1.29, 1.82) is 0 Å². The molecule has 0 radical (unpaired) electrons. The van der Waals surface area contributed by atoms with Crippen LogP contribution in [0.15, 0.2) is 0 Å². The molecule has 108 valence electrons. The van der Waals surface area contributed by atoms with Crippen LogP contribution in [0.1, 0.15) is 33.1 Å². The third kappa shape index (κ3) is 6.93. The molecule has 0 aromatic carbocycles. The number of primary amides is 1. The van der Waals surface area contributed by atoms with Crippen molar-refractivity contribution in [3.05, 3.63) is 0 Å². The van der Waals surface area contributed by atoms with E-state index >= 15 is 0 Å². The summed E-state index contributed by atoms with van der Waals surface area (Å²) in [6.07, 6.45) is 2.76. The summed E-state index contributed by atoms with van der Waals surface area (Å²) in [7, 11) is 3.80. The molecular weight excluding hydrogens is 230 g/mol. The van der Waals surface area contributed by atoms with Crippen molar-refractivity contribution in [3.63, 3.8) is 0 Å². The first kappa shape index (κ1) is 17.4. The fraction of sp³-hybridized carbons (Fsp3) is 0.923. The third-order valence-electron chi connectivity index (χ3n) is 3.22. The van der Waals surface area contributed by atoms with Gasteiger partial charge in [0.1, 0.15) is 0 Å². The number of methoxy groups -OCH3 is 1. The molecular formula is C13H29N3O2. The van der Waals surface area contributed by atoms with Crippen LogP contribution in [0.25, 0.3) is 0 Å². The van der Waals surface area contributed by atoms with Gasteiger partial charge >= 0.3 is 0 Å². The molecule has 0 saturated heterocycles. The molecule has 0 bridgehead atoms. The Morgan fingerprint density at radius 2 is 2.00 bits per heavy atom. The number of likely N-dealkylation sites (N-methyl/N-ethyl adjacent to an activating group) is 1. The predicted octanol–water partition coefficient (Wildman–Crippen LogP) is 0.588. The molecule has 0 aliphatic heterocycles. The minimum atomic E-state index is -0.581. The topological polar surface area (TPSA) is 67.6 Å². The predicted molar refractivity (Wildman–Crippen MR) is 74.5 cm³/mol. The summed E-state index contributed by atoms with van der Waals surface area (Å²) in [5, 5.41) is 3.17. The number of rotatable bonds is 11. The number of ether oxygens (including phenoxy) is 1. The number of amides is 1. The molecule has 0 spiro atoms. The zero-order valence-corrected chi connectivity index (χ0v) is 12.3. The Labute approximate surface area is 111 Å². The minimum absolute atomic E-state index is 0.272. The lowest BCUT2D eigenvalue weighted by Crippen LogP contribution is -2.53. The summed E-state index contributed by atoms with van der Waals surface area (Å²) in [6, 6.07) is 0. The zero-order chi connectivity index (χ0) is 14.0. The van der Waals surface area contributed by atoms with Crippen molar-refractivity contribution in [3.8, 4) is 0 Å². The van der Waals surface area contributed by atoms with E-state index in [1.165, 1.54) is 0 Å². The molecule has 0 saturated carbocycles. The summed E-state index contributed by atoms with van der Waals surface area (Å²) in [5.41, 5.74) is 4.86. The van der Waals surface area contributed by atoms with Crippen LogP contribution in [0.4, 0.5) is 0 Å². The summed E-state index contributed by atoms with van der Waals surface area (Å²) in [4.78, 5) is 13.7. The van der Waals surface area contributed by atoms with Crippen LogP contribution < -0.4 is 11.1 Å². The van der Waals surface area contributed by atoms with E-state index in [0.29, 0.717) is 0 Å². The minimum Gasteiger partial charge on any atom is -0.385 e. The summed E-state index contributed by atoms with van der Waals surface area (Å²) < 4.78 is 5.02. The molecule has 0 heterocycles. The highest BCUT2D eigenvalue weighted by Crippen LogP contribution is 2.12. The number of nitrogens with zero attached hydrogens (tertiary/aromatic N) is 1. The lowest BCUT2D eigenvalue weighted by molar-refractivity contribution is -0.124. The molecule has 0 fully saturated rings. The average molecular weight is 259 g/mol. The Morgan fingerprint density at radius 3 is 2.50 bits per heavy atom. The van der Waals surface area contributed by atoms with E-state index in [1.807, 2.05) is 13.8 Å². The van der Waals surface area contributed by atoms with Crippen molar-refractivity contribution in [1.82, 2.24) is 10.2 Å². The Kier molecular flexibility index (Phi) is 8.97. The van der Waals surface area contributed by atoms with Gasteiger partial charge in [-0.2, -0.15) is 0 Å². The van der Waals surface area contributed by atoms with E-state index in [0.717, 1.165) is 45.5 Å². The monoisotopic (exact) mass is 259 g/mol. The summed E-state index contributed by atoms with van der Waals surface area (Å²) >= 11 is 0. The van der Waals surface area contributed by atoms with Crippen LogP contribution in [0, 0.1) is 0 Å². The van der Waals surface area contributed by atoms with Gasteiger partial charge in [-0.25, -0.2) is 0 Å². The van der Waals surface area contributed by atoms with Gasteiger partial charge in [0.25, 0.3) is 0 Å². The SMILES string of the molecule is CCNC(C)(CCCN(C)CCCOC)C(N)=O. The van der Waals surface area contributed by atoms with E-state index in [1.54, 1.807) is 7.11 Å². The highest BCUT2D eigenvalue weighted by molar-refractivity contribution is 5.84. The number of hydrogen-bond donors (Lipinski definition) is 2. The molecule has 0 rings (SSSR count). The van der Waals surface area contributed by atoms with Crippen LogP contribution in [0.2, 0.25) is 0 Å². The fourth-order valence-electron chi connectivity index (χ4n) is 1.98. The quantitative estimate of drug-likeness (QED) is 0.533. The highest BCUT2D eigenvalue weighted by atomic mass is 16.5. The molecule has 0 aromatic rings. The van der Waals surface area contributed by atoms with Crippen molar-refractivity contribution >= 4 is 5.91 Å². The van der Waals surface area contributed by atoms with Crippen LogP contribution in [0.3, 0.4) is 0 Å². The summed E-state index contributed by atoms with van der Waals surface area (Å²) in [6.45, 7) is 7.39. The van der Waals surface area contributed by atoms with Crippen molar-refractivity contribution < 1.29 is 9.53 Å². The van der Waals surface area contributed by atoms with Crippen LogP contribution in [0.5, 0.6) is 0 Å². The van der Waals surface area contributed by atoms with Crippen LogP contribution in [-0.4, -0.2) is 56.7 Å². The second kappa shape index (κ2) is 9.30. The second-order valence-electron chi connectivity index (χ2n) is 4.98. The second-order valence-corrected chi connectivity index (χ2v) is 4.98. The fourth-order valence-corrected chi connectivity index (χ4v) is 1.98. The van der Waals surface area contributed by atoms with Crippen LogP contribution >= 0.6 is 0 Å². The van der Waals surface area contributed by atoms with Gasteiger partial charge in [0.15, 0.2) is 0 Å². The van der Waals surface area contributed by atoms with Crippen molar-refractivity contribution in [2.24, 2.45) is 5.73 Å². The Hall–Kier alpha value is -0.650. The molecule has 0 aliphatic carbocycles. The molecule has 0 aromatic heterocycles. The van der Waals surface area contributed by atoms with Gasteiger partial charge in [-0.1, -0.05) is 6.92 Å². The smallest absolute Gasteiger partial charge is 0.237 e. The molecule has 0 aliphatic rings. The number of carbonyl (C=O) groups excluding carboxylic acids is 1. The molecule has 5 heteroatoms. The van der Waals surface area contributed by atoms with Gasteiger partial charge < -0.3 is 20.7 Å². The maximum Gasteiger partial charge on any atom is 0.237 e. The summed E-state index contributed by atoms with van der Waals surface area (Å²) in [5.74, 6) is -0.272. The maximum atomic E-state index is 11.4. The number of nitrogens with one attached hydrogen (secondary N) is 1. The van der Waals surface area contributed by atoms with Gasteiger partial charge in [0.2, 0.25) is 5.91 Å². The first-order valence-electron chi connectivity index (χ1n) is 6.68. The number of hydrogen-bond acceptors (Lipinski definition) is 4. The molecule has 5 nitrogen and oxygen atoms in total. The van der Waals surface area contributed by atoms with Crippen LogP contribution in [-0.2, 0) is 9.53 Å². The molecule has 1 atom stereocenters. The van der Waals surface area contributed by atoms with E-state index in [4.69, 9.17) is 10.5 Å². The zero-order valence-electron chi connectivity index (χ0n) is 12.3. The van der Waals surface area contributed by atoms with E-state index in [2.05, 4.69) is 17.3 Å². The first-order chi connectivity index (χ1) is 8.46. The van der Waals surface area contributed by atoms with Crippen molar-refractivity contribution in [2.75, 3.05) is 40.4 Å². The molecule has 1 unspecified atom stereocenters. The molecule has 1 amide bonds. The standard InChI is InChI=1S/C13H29N3O2/c1-5-15-13(2,12(14)17)8-6-9-16(3)10-7-11-18-4/h15H,5-11H2,1-4H3,(H2,14,17). The average Bonchev–Trinajstić information content (AvgIpc) is 2.29. The van der Waals surface area contributed by atoms with E-state index < -0.39 is 5.54 Å². The Balaban J connectivity index is 3.88. The normalized spacial score (nSPS) is 14.7. The first-order valence-corrected chi connectivity index (χ1v) is 6.68. The largest absolute Gasteiger partial charge is 0.385 e. The highest BCUT2D eigenvalue weighted by Gasteiger charge is 2.28. The third-order valence-corrected chi connectivity index (χ3v) is 3.22. The van der Waals surface area contributed by atoms with Crippen molar-refractivity contribution in [2.45, 2.75) is 38.6 Å². The van der Waals surface area contributed by atoms with Gasteiger partial charge in [0, 0.05) is 20.3 Å². The Bertz CT molecular complexity index is 236. The Morgan fingerprint density at radius 1 is 1.39 bits per heavy atom. The molecule has 18 heavy (non-hydrogen) atoms. The molecule has 3 N–H and O–H groups in total. The van der Waals surface area contributed by atoms with E-state index in [9.17, 15) is 4.79 Å². The van der Waals surface area contributed by atoms with Gasteiger partial charge in [-0.3, -0.25) is 4.79 Å². The number of nitrogens with two attached hydrogens (primary N) is 1. The lowest BCUT2D eigenvalue weighted by atomic mass is 9.94. The van der Waals surface area contributed by atoms with Gasteiger partial charge in [-0.05, 0) is 46.3 Å². The lowest BCUT2D eigenvalue weighted by Gasteiger charge is -2.28.